The third-order valence-corrected chi connectivity index (χ3v) is 2.95. The van der Waals surface area contributed by atoms with Crippen molar-refractivity contribution in [2.75, 3.05) is 18.5 Å². The van der Waals surface area contributed by atoms with Crippen molar-refractivity contribution in [2.24, 2.45) is 5.92 Å². The van der Waals surface area contributed by atoms with Crippen LogP contribution in [-0.2, 0) is 4.79 Å². The van der Waals surface area contributed by atoms with Crippen LogP contribution < -0.4 is 4.90 Å². The van der Waals surface area contributed by atoms with Gasteiger partial charge in [0.05, 0.1) is 11.6 Å². The largest absolute Gasteiger partial charge is 0.481 e. The van der Waals surface area contributed by atoms with Crippen molar-refractivity contribution in [1.82, 2.24) is 20.0 Å². The summed E-state index contributed by atoms with van der Waals surface area (Å²) in [5.41, 5.74) is 0.906. The van der Waals surface area contributed by atoms with Gasteiger partial charge in [-0.05, 0) is 25.1 Å². The SMILES string of the molecule is Cc1ccn(-c2ccc(N(C)CC(C)C(=O)O)nn2)n1. The van der Waals surface area contributed by atoms with Gasteiger partial charge in [0.2, 0.25) is 0 Å². The van der Waals surface area contributed by atoms with Crippen molar-refractivity contribution in [3.05, 3.63) is 30.1 Å². The topological polar surface area (TPSA) is 84.1 Å². The van der Waals surface area contributed by atoms with Gasteiger partial charge in [-0.25, -0.2) is 4.68 Å². The van der Waals surface area contributed by atoms with Gasteiger partial charge in [-0.3, -0.25) is 4.79 Å². The fraction of sp³-hybridized carbons (Fsp3) is 0.385. The molecule has 1 unspecified atom stereocenters. The molecule has 7 heteroatoms. The van der Waals surface area contributed by atoms with Gasteiger partial charge in [-0.2, -0.15) is 5.10 Å². The molecule has 0 bridgehead atoms. The quantitative estimate of drug-likeness (QED) is 0.880. The van der Waals surface area contributed by atoms with Gasteiger partial charge < -0.3 is 10.0 Å². The van der Waals surface area contributed by atoms with Crippen LogP contribution >= 0.6 is 0 Å². The molecular weight excluding hydrogens is 258 g/mol. The van der Waals surface area contributed by atoms with Crippen LogP contribution in [0.25, 0.3) is 5.82 Å². The Morgan fingerprint density at radius 2 is 2.15 bits per heavy atom. The number of aromatic nitrogens is 4. The number of hydrogen-bond donors (Lipinski definition) is 1. The van der Waals surface area contributed by atoms with Gasteiger partial charge >= 0.3 is 5.97 Å². The second-order valence-corrected chi connectivity index (χ2v) is 4.77. The number of nitrogens with zero attached hydrogens (tertiary/aromatic N) is 5. The van der Waals surface area contributed by atoms with E-state index >= 15 is 0 Å². The van der Waals surface area contributed by atoms with Gasteiger partial charge in [0.1, 0.15) is 0 Å². The van der Waals surface area contributed by atoms with Crippen molar-refractivity contribution in [1.29, 1.82) is 0 Å². The van der Waals surface area contributed by atoms with Crippen LogP contribution in [0.15, 0.2) is 24.4 Å². The molecule has 106 valence electrons. The number of rotatable bonds is 5. The van der Waals surface area contributed by atoms with Crippen molar-refractivity contribution >= 4 is 11.8 Å². The molecule has 0 saturated carbocycles. The molecule has 0 aliphatic rings. The fourth-order valence-electron chi connectivity index (χ4n) is 1.77. The molecule has 2 aromatic heterocycles. The highest BCUT2D eigenvalue weighted by Gasteiger charge is 2.15. The summed E-state index contributed by atoms with van der Waals surface area (Å²) >= 11 is 0. The molecule has 20 heavy (non-hydrogen) atoms. The van der Waals surface area contributed by atoms with Crippen LogP contribution in [0.3, 0.4) is 0 Å². The van der Waals surface area contributed by atoms with Crippen LogP contribution in [0, 0.1) is 12.8 Å². The van der Waals surface area contributed by atoms with Crippen molar-refractivity contribution < 1.29 is 9.90 Å². The minimum Gasteiger partial charge on any atom is -0.481 e. The van der Waals surface area contributed by atoms with E-state index in [0.717, 1.165) is 5.69 Å². The zero-order valence-corrected chi connectivity index (χ0v) is 11.7. The number of hydrogen-bond acceptors (Lipinski definition) is 5. The highest BCUT2D eigenvalue weighted by atomic mass is 16.4. The molecule has 0 fully saturated rings. The van der Waals surface area contributed by atoms with Gasteiger partial charge in [-0.15, -0.1) is 10.2 Å². The first-order valence-corrected chi connectivity index (χ1v) is 6.27. The summed E-state index contributed by atoms with van der Waals surface area (Å²) in [6.07, 6.45) is 1.81. The molecule has 1 N–H and O–H groups in total. The summed E-state index contributed by atoms with van der Waals surface area (Å²) < 4.78 is 1.64. The first-order valence-electron chi connectivity index (χ1n) is 6.27. The molecule has 0 amide bonds. The third kappa shape index (κ3) is 3.11. The third-order valence-electron chi connectivity index (χ3n) is 2.95. The van der Waals surface area contributed by atoms with Crippen molar-refractivity contribution in [3.63, 3.8) is 0 Å². The molecule has 0 saturated heterocycles. The second-order valence-electron chi connectivity index (χ2n) is 4.77. The number of aryl methyl sites for hydroxylation is 1. The standard InChI is InChI=1S/C13H17N5O2/c1-9(13(19)20)8-17(3)11-4-5-12(15-14-11)18-7-6-10(2)16-18/h4-7,9H,8H2,1-3H3,(H,19,20). The molecule has 0 aliphatic heterocycles. The first kappa shape index (κ1) is 14.0. The summed E-state index contributed by atoms with van der Waals surface area (Å²) in [6.45, 7) is 3.94. The van der Waals surface area contributed by atoms with Gasteiger partial charge in [-0.1, -0.05) is 6.92 Å². The molecule has 2 aromatic rings. The van der Waals surface area contributed by atoms with E-state index in [1.165, 1.54) is 0 Å². The fourth-order valence-corrected chi connectivity index (χ4v) is 1.77. The maximum absolute atomic E-state index is 10.8. The van der Waals surface area contributed by atoms with Crippen LogP contribution in [0.1, 0.15) is 12.6 Å². The average Bonchev–Trinajstić information content (AvgIpc) is 2.85. The number of anilines is 1. The Balaban J connectivity index is 2.10. The van der Waals surface area contributed by atoms with E-state index in [1.807, 2.05) is 19.2 Å². The normalized spacial score (nSPS) is 12.2. The lowest BCUT2D eigenvalue weighted by Gasteiger charge is -2.19. The Kier molecular flexibility index (Phi) is 3.97. The summed E-state index contributed by atoms with van der Waals surface area (Å²) in [6, 6.07) is 5.49. The van der Waals surface area contributed by atoms with E-state index in [4.69, 9.17) is 5.11 Å². The smallest absolute Gasteiger partial charge is 0.308 e. The Bertz CT molecular complexity index is 593. The van der Waals surface area contributed by atoms with Crippen molar-refractivity contribution in [3.8, 4) is 5.82 Å². The van der Waals surface area contributed by atoms with E-state index in [9.17, 15) is 4.79 Å². The zero-order chi connectivity index (χ0) is 14.7. The predicted octanol–water partition coefficient (Wildman–Crippen LogP) is 1.13. The molecule has 2 rings (SSSR count). The number of carboxylic acid groups (broad SMARTS) is 1. The average molecular weight is 275 g/mol. The molecule has 0 spiro atoms. The highest BCUT2D eigenvalue weighted by Crippen LogP contribution is 2.12. The van der Waals surface area contributed by atoms with Gasteiger partial charge in [0, 0.05) is 19.8 Å². The number of aliphatic carboxylic acids is 1. The number of carbonyl (C=O) groups is 1. The monoisotopic (exact) mass is 275 g/mol. The van der Waals surface area contributed by atoms with Gasteiger partial charge in [0.25, 0.3) is 0 Å². The molecule has 0 aromatic carbocycles. The molecular formula is C13H17N5O2. The predicted molar refractivity (Wildman–Crippen MR) is 74.0 cm³/mol. The molecule has 1 atom stereocenters. The van der Waals surface area contributed by atoms with E-state index in [1.54, 1.807) is 35.7 Å². The molecule has 0 radical (unpaired) electrons. The Hall–Kier alpha value is -2.44. The van der Waals surface area contributed by atoms with E-state index in [2.05, 4.69) is 15.3 Å². The maximum Gasteiger partial charge on any atom is 0.308 e. The summed E-state index contributed by atoms with van der Waals surface area (Å²) in [5, 5.41) is 21.3. The summed E-state index contributed by atoms with van der Waals surface area (Å²) in [5.74, 6) is -0.0315. The van der Waals surface area contributed by atoms with Crippen LogP contribution in [0.4, 0.5) is 5.82 Å². The van der Waals surface area contributed by atoms with Crippen LogP contribution in [0.2, 0.25) is 0 Å². The molecule has 0 aliphatic carbocycles. The summed E-state index contributed by atoms with van der Waals surface area (Å²) in [7, 11) is 1.79. The lowest BCUT2D eigenvalue weighted by atomic mass is 10.2. The Morgan fingerprint density at radius 1 is 1.40 bits per heavy atom. The minimum atomic E-state index is -0.826. The van der Waals surface area contributed by atoms with Crippen LogP contribution in [-0.4, -0.2) is 44.6 Å². The van der Waals surface area contributed by atoms with E-state index < -0.39 is 11.9 Å². The minimum absolute atomic E-state index is 0.379. The first-order chi connectivity index (χ1) is 9.47. The van der Waals surface area contributed by atoms with Crippen LogP contribution in [0.5, 0.6) is 0 Å². The maximum atomic E-state index is 10.8. The lowest BCUT2D eigenvalue weighted by molar-refractivity contribution is -0.140. The van der Waals surface area contributed by atoms with Gasteiger partial charge in [0.15, 0.2) is 11.6 Å². The molecule has 7 nitrogen and oxygen atoms in total. The lowest BCUT2D eigenvalue weighted by Crippen LogP contribution is -2.29. The molecule has 2 heterocycles. The van der Waals surface area contributed by atoms with Crippen molar-refractivity contribution in [2.45, 2.75) is 13.8 Å². The Labute approximate surface area is 116 Å². The zero-order valence-electron chi connectivity index (χ0n) is 11.7. The Morgan fingerprint density at radius 3 is 2.65 bits per heavy atom. The number of carboxylic acids is 1. The van der Waals surface area contributed by atoms with E-state index in [-0.39, 0.29) is 0 Å². The highest BCUT2D eigenvalue weighted by molar-refractivity contribution is 5.70. The second kappa shape index (κ2) is 5.68. The summed E-state index contributed by atoms with van der Waals surface area (Å²) in [4.78, 5) is 12.6. The van der Waals surface area contributed by atoms with E-state index in [0.29, 0.717) is 18.2 Å².